The Morgan fingerprint density at radius 3 is 2.72 bits per heavy atom. The van der Waals surface area contributed by atoms with Crippen molar-refractivity contribution in [2.75, 3.05) is 7.11 Å². The number of hydrazone groups is 1. The van der Waals surface area contributed by atoms with Gasteiger partial charge in [-0.15, -0.1) is 11.3 Å². The average molecular weight is 375 g/mol. The van der Waals surface area contributed by atoms with Crippen LogP contribution >= 0.6 is 22.9 Å². The maximum absolute atomic E-state index is 12.4. The number of fused-ring (bicyclic) bond motifs is 1. The van der Waals surface area contributed by atoms with E-state index in [2.05, 4.69) is 10.5 Å². The highest BCUT2D eigenvalue weighted by atomic mass is 35.5. The molecule has 0 saturated heterocycles. The fourth-order valence-corrected chi connectivity index (χ4v) is 3.76. The summed E-state index contributed by atoms with van der Waals surface area (Å²) >= 11 is 7.60. The number of methoxy groups -OCH3 is 1. The zero-order valence-corrected chi connectivity index (χ0v) is 15.1. The molecule has 5 nitrogen and oxygen atoms in total. The summed E-state index contributed by atoms with van der Waals surface area (Å²) < 4.78 is 5.98. The van der Waals surface area contributed by atoms with E-state index in [1.165, 1.54) is 24.5 Å². The van der Waals surface area contributed by atoms with Gasteiger partial charge in [0, 0.05) is 21.7 Å². The first-order valence-corrected chi connectivity index (χ1v) is 8.59. The van der Waals surface area contributed by atoms with Gasteiger partial charge in [0.1, 0.15) is 16.4 Å². The molecule has 3 aromatic rings. The average Bonchev–Trinajstić information content (AvgIpc) is 2.96. The highest BCUT2D eigenvalue weighted by molar-refractivity contribution is 7.21. The number of amides is 1. The number of carbonyl (C=O) groups excluding carboxylic acids is 1. The standard InChI is InChI=1S/C18H15ClN2O3S/c1-10(12-8-7-11(24-2)9-14(12)22)20-21-18(23)17-16(19)13-5-3-4-6-15(13)25-17/h3-9,22H,1-2H3,(H,21,23)/b20-10+. The number of aromatic hydroxyl groups is 1. The number of phenols is 1. The van der Waals surface area contributed by atoms with Gasteiger partial charge in [0.15, 0.2) is 0 Å². The van der Waals surface area contributed by atoms with Gasteiger partial charge in [0.25, 0.3) is 5.91 Å². The van der Waals surface area contributed by atoms with Gasteiger partial charge in [0.2, 0.25) is 0 Å². The first kappa shape index (κ1) is 17.3. The molecule has 0 bridgehead atoms. The number of nitrogens with one attached hydrogen (secondary N) is 1. The van der Waals surface area contributed by atoms with Gasteiger partial charge in [0.05, 0.1) is 17.8 Å². The Labute approximate surface area is 153 Å². The fourth-order valence-electron chi connectivity index (χ4n) is 2.35. The summed E-state index contributed by atoms with van der Waals surface area (Å²) in [7, 11) is 1.52. The molecule has 0 unspecified atom stereocenters. The fraction of sp³-hybridized carbons (Fsp3) is 0.111. The monoisotopic (exact) mass is 374 g/mol. The van der Waals surface area contributed by atoms with Crippen molar-refractivity contribution in [2.45, 2.75) is 6.92 Å². The smallest absolute Gasteiger partial charge is 0.283 e. The molecule has 2 aromatic carbocycles. The van der Waals surface area contributed by atoms with E-state index in [4.69, 9.17) is 16.3 Å². The van der Waals surface area contributed by atoms with Gasteiger partial charge in [-0.2, -0.15) is 5.10 Å². The number of halogens is 1. The number of carbonyl (C=O) groups is 1. The molecule has 128 valence electrons. The molecule has 2 N–H and O–H groups in total. The van der Waals surface area contributed by atoms with Crippen molar-refractivity contribution >= 4 is 44.6 Å². The molecule has 3 rings (SSSR count). The van der Waals surface area contributed by atoms with Crippen molar-refractivity contribution < 1.29 is 14.6 Å². The van der Waals surface area contributed by atoms with Crippen molar-refractivity contribution in [3.05, 3.63) is 57.9 Å². The van der Waals surface area contributed by atoms with Crippen LogP contribution < -0.4 is 10.2 Å². The molecule has 1 aromatic heterocycles. The Morgan fingerprint density at radius 1 is 1.28 bits per heavy atom. The molecule has 0 spiro atoms. The minimum atomic E-state index is -0.390. The number of ether oxygens (including phenoxy) is 1. The van der Waals surface area contributed by atoms with E-state index in [1.807, 2.05) is 24.3 Å². The molecule has 7 heteroatoms. The van der Waals surface area contributed by atoms with Crippen LogP contribution in [0.25, 0.3) is 10.1 Å². The van der Waals surface area contributed by atoms with E-state index < -0.39 is 5.91 Å². The lowest BCUT2D eigenvalue weighted by Crippen LogP contribution is -2.18. The summed E-state index contributed by atoms with van der Waals surface area (Å²) in [5.41, 5.74) is 3.45. The quantitative estimate of drug-likeness (QED) is 0.524. The zero-order chi connectivity index (χ0) is 18.0. The van der Waals surface area contributed by atoms with Crippen LogP contribution in [0.2, 0.25) is 5.02 Å². The van der Waals surface area contributed by atoms with Crippen LogP contribution in [0.5, 0.6) is 11.5 Å². The van der Waals surface area contributed by atoms with Gasteiger partial charge in [-0.1, -0.05) is 29.8 Å². The predicted molar refractivity (Wildman–Crippen MR) is 101 cm³/mol. The number of hydrogen-bond donors (Lipinski definition) is 2. The van der Waals surface area contributed by atoms with Crippen LogP contribution in [0, 0.1) is 0 Å². The second-order valence-corrected chi connectivity index (χ2v) is 6.69. The number of benzene rings is 2. The molecule has 1 amide bonds. The molecule has 0 aliphatic heterocycles. The maximum Gasteiger partial charge on any atom is 0.283 e. The molecular formula is C18H15ClN2O3S. The second-order valence-electron chi connectivity index (χ2n) is 5.26. The van der Waals surface area contributed by atoms with E-state index in [0.717, 1.165) is 10.1 Å². The molecule has 0 radical (unpaired) electrons. The zero-order valence-electron chi connectivity index (χ0n) is 13.5. The van der Waals surface area contributed by atoms with Gasteiger partial charge in [-0.25, -0.2) is 5.43 Å². The third-order valence-corrected chi connectivity index (χ3v) is 5.34. The van der Waals surface area contributed by atoms with Crippen LogP contribution in [0.15, 0.2) is 47.6 Å². The molecule has 0 atom stereocenters. The summed E-state index contributed by atoms with van der Waals surface area (Å²) in [4.78, 5) is 12.8. The number of nitrogens with zero attached hydrogens (tertiary/aromatic N) is 1. The number of rotatable bonds is 4. The van der Waals surface area contributed by atoms with Crippen molar-refractivity contribution in [1.29, 1.82) is 0 Å². The SMILES string of the molecule is COc1ccc(/C(C)=N/NC(=O)c2sc3ccccc3c2Cl)c(O)c1. The first-order valence-electron chi connectivity index (χ1n) is 7.40. The Balaban J connectivity index is 1.82. The van der Waals surface area contributed by atoms with E-state index in [1.54, 1.807) is 19.1 Å². The maximum atomic E-state index is 12.4. The van der Waals surface area contributed by atoms with Crippen molar-refractivity contribution in [3.63, 3.8) is 0 Å². The van der Waals surface area contributed by atoms with Gasteiger partial charge in [-0.05, 0) is 25.1 Å². The molecule has 1 heterocycles. The van der Waals surface area contributed by atoms with Crippen LogP contribution in [0.4, 0.5) is 0 Å². The minimum absolute atomic E-state index is 0.0229. The van der Waals surface area contributed by atoms with E-state index in [0.29, 0.717) is 26.9 Å². The molecule has 25 heavy (non-hydrogen) atoms. The predicted octanol–water partition coefficient (Wildman–Crippen LogP) is 4.42. The Morgan fingerprint density at radius 2 is 2.04 bits per heavy atom. The highest BCUT2D eigenvalue weighted by Gasteiger charge is 2.16. The van der Waals surface area contributed by atoms with E-state index >= 15 is 0 Å². The lowest BCUT2D eigenvalue weighted by Gasteiger charge is -2.07. The normalized spacial score (nSPS) is 11.6. The summed E-state index contributed by atoms with van der Waals surface area (Å²) in [5, 5.41) is 15.3. The summed E-state index contributed by atoms with van der Waals surface area (Å²) in [6, 6.07) is 12.4. The van der Waals surface area contributed by atoms with Crippen LogP contribution in [-0.4, -0.2) is 23.8 Å². The summed E-state index contributed by atoms with van der Waals surface area (Å²) in [5.74, 6) is 0.170. The lowest BCUT2D eigenvalue weighted by atomic mass is 10.1. The van der Waals surface area contributed by atoms with E-state index in [-0.39, 0.29) is 5.75 Å². The minimum Gasteiger partial charge on any atom is -0.507 e. The van der Waals surface area contributed by atoms with Gasteiger partial charge < -0.3 is 9.84 Å². The Hall–Kier alpha value is -2.57. The summed E-state index contributed by atoms with van der Waals surface area (Å²) in [6.07, 6.45) is 0. The lowest BCUT2D eigenvalue weighted by molar-refractivity contribution is 0.0959. The van der Waals surface area contributed by atoms with Crippen molar-refractivity contribution in [1.82, 2.24) is 5.43 Å². The van der Waals surface area contributed by atoms with Crippen LogP contribution in [0.3, 0.4) is 0 Å². The third kappa shape index (κ3) is 3.45. The highest BCUT2D eigenvalue weighted by Crippen LogP contribution is 2.35. The third-order valence-electron chi connectivity index (χ3n) is 3.66. The van der Waals surface area contributed by atoms with Crippen molar-refractivity contribution in [3.8, 4) is 11.5 Å². The Bertz CT molecular complexity index is 982. The number of thiophene rings is 1. The number of phenolic OH excluding ortho intramolecular Hbond substituents is 1. The second kappa shape index (κ2) is 7.13. The topological polar surface area (TPSA) is 70.9 Å². The van der Waals surface area contributed by atoms with E-state index in [9.17, 15) is 9.90 Å². The van der Waals surface area contributed by atoms with Crippen LogP contribution in [-0.2, 0) is 0 Å². The largest absolute Gasteiger partial charge is 0.507 e. The van der Waals surface area contributed by atoms with Crippen LogP contribution in [0.1, 0.15) is 22.2 Å². The molecular weight excluding hydrogens is 360 g/mol. The summed E-state index contributed by atoms with van der Waals surface area (Å²) in [6.45, 7) is 1.69. The van der Waals surface area contributed by atoms with Crippen molar-refractivity contribution in [2.24, 2.45) is 5.10 Å². The molecule has 0 aliphatic carbocycles. The van der Waals surface area contributed by atoms with Gasteiger partial charge >= 0.3 is 0 Å². The molecule has 0 fully saturated rings. The molecule has 0 saturated carbocycles. The Kier molecular flexibility index (Phi) is 4.92. The molecule has 0 aliphatic rings. The first-order chi connectivity index (χ1) is 12.0. The van der Waals surface area contributed by atoms with Gasteiger partial charge in [-0.3, -0.25) is 4.79 Å². The number of hydrogen-bond acceptors (Lipinski definition) is 5.